The Balaban J connectivity index is 2.10. The van der Waals surface area contributed by atoms with Gasteiger partial charge in [0.2, 0.25) is 0 Å². The number of nitrogens with zero attached hydrogens (tertiary/aromatic N) is 2. The zero-order valence-electron chi connectivity index (χ0n) is 10.1. The van der Waals surface area contributed by atoms with Gasteiger partial charge >= 0.3 is 6.18 Å². The van der Waals surface area contributed by atoms with Gasteiger partial charge in [0.1, 0.15) is 24.0 Å². The molecule has 102 valence electrons. The van der Waals surface area contributed by atoms with E-state index in [0.29, 0.717) is 11.6 Å². The van der Waals surface area contributed by atoms with E-state index in [9.17, 15) is 13.2 Å². The highest BCUT2D eigenvalue weighted by Crippen LogP contribution is 2.31. The number of alkyl halides is 3. The number of nitrogens with two attached hydrogens (primary N) is 1. The SMILES string of the molecule is Cn1c(N)cnc1COc1cccc(C(F)(F)F)c1. The molecule has 7 heteroatoms. The molecule has 0 aliphatic rings. The summed E-state index contributed by atoms with van der Waals surface area (Å²) in [6.45, 7) is 0.0506. The van der Waals surface area contributed by atoms with Crippen LogP contribution in [0.4, 0.5) is 19.0 Å². The molecule has 0 fully saturated rings. The van der Waals surface area contributed by atoms with Crippen LogP contribution in [0.2, 0.25) is 0 Å². The Kier molecular flexibility index (Phi) is 3.37. The third kappa shape index (κ3) is 2.98. The minimum Gasteiger partial charge on any atom is -0.486 e. The summed E-state index contributed by atoms with van der Waals surface area (Å²) in [5, 5.41) is 0. The van der Waals surface area contributed by atoms with E-state index in [1.54, 1.807) is 11.6 Å². The molecule has 0 spiro atoms. The molecular weight excluding hydrogens is 259 g/mol. The van der Waals surface area contributed by atoms with Crippen LogP contribution in [-0.4, -0.2) is 9.55 Å². The monoisotopic (exact) mass is 271 g/mol. The summed E-state index contributed by atoms with van der Waals surface area (Å²) in [5.41, 5.74) is 4.84. The quantitative estimate of drug-likeness (QED) is 0.933. The molecule has 1 aromatic heterocycles. The van der Waals surface area contributed by atoms with Crippen molar-refractivity contribution in [2.75, 3.05) is 5.73 Å². The lowest BCUT2D eigenvalue weighted by Gasteiger charge is -2.10. The molecule has 0 atom stereocenters. The Morgan fingerprint density at radius 2 is 2.11 bits per heavy atom. The number of hydrogen-bond acceptors (Lipinski definition) is 3. The molecule has 0 bridgehead atoms. The second kappa shape index (κ2) is 4.83. The molecule has 1 aromatic carbocycles. The van der Waals surface area contributed by atoms with Crippen LogP contribution in [0.1, 0.15) is 11.4 Å². The van der Waals surface area contributed by atoms with Crippen LogP contribution < -0.4 is 10.5 Å². The van der Waals surface area contributed by atoms with Gasteiger partial charge in [-0.3, -0.25) is 0 Å². The van der Waals surface area contributed by atoms with Gasteiger partial charge in [-0.05, 0) is 18.2 Å². The molecule has 4 nitrogen and oxygen atoms in total. The fourth-order valence-electron chi connectivity index (χ4n) is 1.51. The van der Waals surface area contributed by atoms with Crippen molar-refractivity contribution in [1.29, 1.82) is 0 Å². The smallest absolute Gasteiger partial charge is 0.416 e. The highest BCUT2D eigenvalue weighted by molar-refractivity contribution is 5.31. The lowest BCUT2D eigenvalue weighted by atomic mass is 10.2. The Bertz CT molecular complexity index is 578. The van der Waals surface area contributed by atoms with Crippen LogP contribution >= 0.6 is 0 Å². The predicted molar refractivity (Wildman–Crippen MR) is 63.4 cm³/mol. The van der Waals surface area contributed by atoms with Crippen molar-refractivity contribution in [2.45, 2.75) is 12.8 Å². The van der Waals surface area contributed by atoms with Crippen molar-refractivity contribution in [2.24, 2.45) is 7.05 Å². The van der Waals surface area contributed by atoms with E-state index in [-0.39, 0.29) is 12.4 Å². The first-order valence-electron chi connectivity index (χ1n) is 5.44. The highest BCUT2D eigenvalue weighted by atomic mass is 19.4. The lowest BCUT2D eigenvalue weighted by Crippen LogP contribution is -2.07. The van der Waals surface area contributed by atoms with E-state index in [1.165, 1.54) is 18.3 Å². The van der Waals surface area contributed by atoms with Gasteiger partial charge in [0, 0.05) is 7.05 Å². The van der Waals surface area contributed by atoms with Crippen molar-refractivity contribution in [1.82, 2.24) is 9.55 Å². The van der Waals surface area contributed by atoms with Gasteiger partial charge in [0.15, 0.2) is 0 Å². The summed E-state index contributed by atoms with van der Waals surface area (Å²) in [4.78, 5) is 3.99. The first kappa shape index (κ1) is 13.3. The molecule has 0 unspecified atom stereocenters. The third-order valence-corrected chi connectivity index (χ3v) is 2.65. The fourth-order valence-corrected chi connectivity index (χ4v) is 1.51. The molecule has 0 radical (unpaired) electrons. The fraction of sp³-hybridized carbons (Fsp3) is 0.250. The summed E-state index contributed by atoms with van der Waals surface area (Å²) >= 11 is 0. The molecule has 2 aromatic rings. The van der Waals surface area contributed by atoms with Gasteiger partial charge in [-0.25, -0.2) is 4.98 Å². The first-order chi connectivity index (χ1) is 8.88. The van der Waals surface area contributed by atoms with Crippen LogP contribution in [0.3, 0.4) is 0 Å². The molecule has 0 amide bonds. The minimum atomic E-state index is -4.38. The first-order valence-corrected chi connectivity index (χ1v) is 5.44. The van der Waals surface area contributed by atoms with Gasteiger partial charge in [-0.15, -0.1) is 0 Å². The molecular formula is C12H12F3N3O. The van der Waals surface area contributed by atoms with E-state index in [2.05, 4.69) is 4.98 Å². The van der Waals surface area contributed by atoms with Gasteiger partial charge < -0.3 is 15.0 Å². The van der Waals surface area contributed by atoms with Crippen LogP contribution in [0, 0.1) is 0 Å². The van der Waals surface area contributed by atoms with Crippen molar-refractivity contribution >= 4 is 5.82 Å². The summed E-state index contributed by atoms with van der Waals surface area (Å²) in [6, 6.07) is 4.70. The largest absolute Gasteiger partial charge is 0.486 e. The molecule has 0 saturated heterocycles. The van der Waals surface area contributed by atoms with Crippen molar-refractivity contribution < 1.29 is 17.9 Å². The normalized spacial score (nSPS) is 11.6. The van der Waals surface area contributed by atoms with Crippen LogP contribution in [0.25, 0.3) is 0 Å². The van der Waals surface area contributed by atoms with Crippen molar-refractivity contribution in [3.8, 4) is 5.75 Å². The maximum atomic E-state index is 12.5. The molecule has 2 N–H and O–H groups in total. The number of benzene rings is 1. The van der Waals surface area contributed by atoms with Crippen LogP contribution in [0.15, 0.2) is 30.5 Å². The maximum Gasteiger partial charge on any atom is 0.416 e. The summed E-state index contributed by atoms with van der Waals surface area (Å²) in [5.74, 6) is 1.13. The van der Waals surface area contributed by atoms with Crippen molar-refractivity contribution in [3.63, 3.8) is 0 Å². The van der Waals surface area contributed by atoms with E-state index in [0.717, 1.165) is 12.1 Å². The topological polar surface area (TPSA) is 53.1 Å². The number of rotatable bonds is 3. The molecule has 1 heterocycles. The Morgan fingerprint density at radius 3 is 2.68 bits per heavy atom. The molecule has 0 saturated carbocycles. The van der Waals surface area contributed by atoms with Gasteiger partial charge in [-0.1, -0.05) is 6.07 Å². The van der Waals surface area contributed by atoms with Crippen molar-refractivity contribution in [3.05, 3.63) is 41.9 Å². The van der Waals surface area contributed by atoms with E-state index in [4.69, 9.17) is 10.5 Å². The van der Waals surface area contributed by atoms with Crippen LogP contribution in [0.5, 0.6) is 5.75 Å². The average molecular weight is 271 g/mol. The Hall–Kier alpha value is -2.18. The molecule has 0 aliphatic carbocycles. The number of halogens is 3. The number of nitrogen functional groups attached to an aromatic ring is 1. The number of imidazole rings is 1. The number of hydrogen-bond donors (Lipinski definition) is 1. The third-order valence-electron chi connectivity index (χ3n) is 2.65. The summed E-state index contributed by atoms with van der Waals surface area (Å²) in [6.07, 6.45) is -2.92. The van der Waals surface area contributed by atoms with Gasteiger partial charge in [-0.2, -0.15) is 13.2 Å². The van der Waals surface area contributed by atoms with Crippen LogP contribution in [-0.2, 0) is 19.8 Å². The maximum absolute atomic E-state index is 12.5. The van der Waals surface area contributed by atoms with E-state index in [1.807, 2.05) is 0 Å². The second-order valence-corrected chi connectivity index (χ2v) is 3.97. The number of aromatic nitrogens is 2. The van der Waals surface area contributed by atoms with Gasteiger partial charge in [0.25, 0.3) is 0 Å². The van der Waals surface area contributed by atoms with Gasteiger partial charge in [0.05, 0.1) is 11.8 Å². The van der Waals surface area contributed by atoms with E-state index < -0.39 is 11.7 Å². The average Bonchev–Trinajstić information content (AvgIpc) is 2.67. The predicted octanol–water partition coefficient (Wildman–Crippen LogP) is 2.60. The molecule has 2 rings (SSSR count). The Morgan fingerprint density at radius 1 is 1.37 bits per heavy atom. The lowest BCUT2D eigenvalue weighted by molar-refractivity contribution is -0.137. The Labute approximate surface area is 107 Å². The standard InChI is InChI=1S/C12H12F3N3O/c1-18-10(16)6-17-11(18)7-19-9-4-2-3-8(5-9)12(13,14)15/h2-6H,7,16H2,1H3. The minimum absolute atomic E-state index is 0.0506. The summed E-state index contributed by atoms with van der Waals surface area (Å²) in [7, 11) is 1.70. The second-order valence-electron chi connectivity index (χ2n) is 3.97. The molecule has 19 heavy (non-hydrogen) atoms. The zero-order chi connectivity index (χ0) is 14.0. The number of ether oxygens (including phenoxy) is 1. The van der Waals surface area contributed by atoms with E-state index >= 15 is 0 Å². The zero-order valence-corrected chi connectivity index (χ0v) is 10.1. The molecule has 0 aliphatic heterocycles. The number of anilines is 1. The summed E-state index contributed by atoms with van der Waals surface area (Å²) < 4.78 is 44.4. The highest BCUT2D eigenvalue weighted by Gasteiger charge is 2.30.